The predicted molar refractivity (Wildman–Crippen MR) is 72.5 cm³/mol. The highest BCUT2D eigenvalue weighted by Gasteiger charge is 2.17. The van der Waals surface area contributed by atoms with Crippen molar-refractivity contribution in [2.24, 2.45) is 0 Å². The molecule has 7 heteroatoms. The highest BCUT2D eigenvalue weighted by Crippen LogP contribution is 2.07. The molecule has 0 bridgehead atoms. The number of ether oxygens (including phenoxy) is 2. The molecule has 1 aromatic heterocycles. The summed E-state index contributed by atoms with van der Waals surface area (Å²) in [5.74, 6) is -0.456. The molecule has 0 atom stereocenters. The number of carbonyl (C=O) groups is 2. The molecule has 0 aliphatic rings. The van der Waals surface area contributed by atoms with Gasteiger partial charge in [0.25, 0.3) is 0 Å². The topological polar surface area (TPSA) is 82.5 Å². The second kappa shape index (κ2) is 6.40. The lowest BCUT2D eigenvalue weighted by molar-refractivity contribution is 0.0525. The van der Waals surface area contributed by atoms with E-state index in [-0.39, 0.29) is 0 Å². The Labute approximate surface area is 118 Å². The van der Waals surface area contributed by atoms with Gasteiger partial charge in [-0.25, -0.2) is 9.59 Å². The number of esters is 1. The van der Waals surface area contributed by atoms with E-state index in [9.17, 15) is 9.59 Å². The molecule has 0 aliphatic heterocycles. The van der Waals surface area contributed by atoms with Crippen molar-refractivity contribution in [1.82, 2.24) is 15.1 Å². The van der Waals surface area contributed by atoms with E-state index in [1.54, 1.807) is 33.8 Å². The summed E-state index contributed by atoms with van der Waals surface area (Å²) in [6.07, 6.45) is -0.499. The number of rotatable bonds is 4. The fraction of sp³-hybridized carbons (Fsp3) is 0.615. The maximum absolute atomic E-state index is 11.5. The van der Waals surface area contributed by atoms with Gasteiger partial charge in [-0.1, -0.05) is 0 Å². The van der Waals surface area contributed by atoms with Gasteiger partial charge in [-0.2, -0.15) is 5.10 Å². The monoisotopic (exact) mass is 283 g/mol. The van der Waals surface area contributed by atoms with Gasteiger partial charge in [0.2, 0.25) is 0 Å². The van der Waals surface area contributed by atoms with Crippen LogP contribution in [0.1, 0.15) is 37.0 Å². The average Bonchev–Trinajstić information content (AvgIpc) is 2.67. The van der Waals surface area contributed by atoms with Gasteiger partial charge < -0.3 is 14.8 Å². The lowest BCUT2D eigenvalue weighted by Crippen LogP contribution is -2.34. The van der Waals surface area contributed by atoms with Crippen molar-refractivity contribution in [3.63, 3.8) is 0 Å². The minimum absolute atomic E-state index is 0.306. The van der Waals surface area contributed by atoms with Gasteiger partial charge in [0.05, 0.1) is 19.3 Å². The van der Waals surface area contributed by atoms with Crippen molar-refractivity contribution in [2.45, 2.75) is 39.8 Å². The molecule has 0 aliphatic carbocycles. The van der Waals surface area contributed by atoms with E-state index in [1.165, 1.54) is 11.8 Å². The van der Waals surface area contributed by atoms with E-state index in [1.807, 2.05) is 0 Å². The molecule has 1 heterocycles. The molecule has 1 aromatic rings. The number of methoxy groups -OCH3 is 1. The third kappa shape index (κ3) is 4.91. The Bertz CT molecular complexity index is 488. The first-order chi connectivity index (χ1) is 9.23. The van der Waals surface area contributed by atoms with E-state index >= 15 is 0 Å². The lowest BCUT2D eigenvalue weighted by atomic mass is 10.2. The van der Waals surface area contributed by atoms with Crippen molar-refractivity contribution in [1.29, 1.82) is 0 Å². The SMILES string of the molecule is COC(=O)c1cc(C)nn1CCNC(=O)OC(C)(C)C. The van der Waals surface area contributed by atoms with Gasteiger partial charge in [-0.05, 0) is 33.8 Å². The summed E-state index contributed by atoms with van der Waals surface area (Å²) < 4.78 is 11.3. The number of nitrogens with zero attached hydrogens (tertiary/aromatic N) is 2. The molecular formula is C13H21N3O4. The summed E-state index contributed by atoms with van der Waals surface area (Å²) in [4.78, 5) is 23.0. The van der Waals surface area contributed by atoms with Crippen LogP contribution in [0, 0.1) is 6.92 Å². The zero-order chi connectivity index (χ0) is 15.3. The molecule has 1 N–H and O–H groups in total. The van der Waals surface area contributed by atoms with Crippen molar-refractivity contribution >= 4 is 12.1 Å². The zero-order valence-corrected chi connectivity index (χ0v) is 12.5. The molecule has 0 fully saturated rings. The van der Waals surface area contributed by atoms with Crippen LogP contribution in [0.2, 0.25) is 0 Å². The summed E-state index contributed by atoms with van der Waals surface area (Å²) in [5, 5.41) is 6.78. The van der Waals surface area contributed by atoms with Crippen molar-refractivity contribution < 1.29 is 19.1 Å². The van der Waals surface area contributed by atoms with Gasteiger partial charge in [0, 0.05) is 6.54 Å². The number of hydrogen-bond donors (Lipinski definition) is 1. The standard InChI is InChI=1S/C13H21N3O4/c1-9-8-10(11(17)19-5)16(15-9)7-6-14-12(18)20-13(2,3)4/h8H,6-7H2,1-5H3,(H,14,18). The van der Waals surface area contributed by atoms with E-state index in [0.717, 1.165) is 0 Å². The van der Waals surface area contributed by atoms with E-state index in [0.29, 0.717) is 24.5 Å². The second-order valence-corrected chi connectivity index (χ2v) is 5.31. The van der Waals surface area contributed by atoms with Gasteiger partial charge in [-0.15, -0.1) is 0 Å². The van der Waals surface area contributed by atoms with Crippen LogP contribution in [0.15, 0.2) is 6.07 Å². The smallest absolute Gasteiger partial charge is 0.407 e. The fourth-order valence-corrected chi connectivity index (χ4v) is 1.56. The number of aryl methyl sites for hydroxylation is 1. The molecule has 0 unspecified atom stereocenters. The molecule has 0 radical (unpaired) electrons. The number of hydrogen-bond acceptors (Lipinski definition) is 5. The first-order valence-corrected chi connectivity index (χ1v) is 6.32. The van der Waals surface area contributed by atoms with E-state index < -0.39 is 17.7 Å². The van der Waals surface area contributed by atoms with Gasteiger partial charge in [0.15, 0.2) is 0 Å². The Morgan fingerprint density at radius 1 is 1.40 bits per heavy atom. The Morgan fingerprint density at radius 3 is 2.60 bits per heavy atom. The Morgan fingerprint density at radius 2 is 2.05 bits per heavy atom. The Hall–Kier alpha value is -2.05. The third-order valence-electron chi connectivity index (χ3n) is 2.29. The highest BCUT2D eigenvalue weighted by molar-refractivity contribution is 5.87. The molecule has 1 amide bonds. The number of aromatic nitrogens is 2. The van der Waals surface area contributed by atoms with Crippen LogP contribution in [0.3, 0.4) is 0 Å². The number of alkyl carbamates (subject to hydrolysis) is 1. The zero-order valence-electron chi connectivity index (χ0n) is 12.5. The number of amides is 1. The van der Waals surface area contributed by atoms with Crippen LogP contribution >= 0.6 is 0 Å². The maximum Gasteiger partial charge on any atom is 0.407 e. The minimum Gasteiger partial charge on any atom is -0.464 e. The molecule has 0 saturated heterocycles. The average molecular weight is 283 g/mol. The minimum atomic E-state index is -0.538. The molecule has 1 rings (SSSR count). The van der Waals surface area contributed by atoms with E-state index in [2.05, 4.69) is 15.2 Å². The second-order valence-electron chi connectivity index (χ2n) is 5.31. The fourth-order valence-electron chi connectivity index (χ4n) is 1.56. The Balaban J connectivity index is 2.54. The van der Waals surface area contributed by atoms with E-state index in [4.69, 9.17) is 4.74 Å². The van der Waals surface area contributed by atoms with Crippen LogP contribution in [0.5, 0.6) is 0 Å². The van der Waals surface area contributed by atoms with Gasteiger partial charge in [0.1, 0.15) is 11.3 Å². The summed E-state index contributed by atoms with van der Waals surface area (Å²) in [6.45, 7) is 7.82. The number of carbonyl (C=O) groups excluding carboxylic acids is 2. The summed E-state index contributed by atoms with van der Waals surface area (Å²) >= 11 is 0. The lowest BCUT2D eigenvalue weighted by Gasteiger charge is -2.19. The summed E-state index contributed by atoms with van der Waals surface area (Å²) in [6, 6.07) is 1.64. The largest absolute Gasteiger partial charge is 0.464 e. The van der Waals surface area contributed by atoms with Crippen LogP contribution in [-0.2, 0) is 16.0 Å². The molecule has 7 nitrogen and oxygen atoms in total. The van der Waals surface area contributed by atoms with Crippen LogP contribution < -0.4 is 5.32 Å². The summed E-state index contributed by atoms with van der Waals surface area (Å²) in [5.41, 5.74) is 0.530. The van der Waals surface area contributed by atoms with Crippen molar-refractivity contribution in [2.75, 3.05) is 13.7 Å². The quantitative estimate of drug-likeness (QED) is 0.847. The van der Waals surface area contributed by atoms with Gasteiger partial charge in [-0.3, -0.25) is 4.68 Å². The summed E-state index contributed by atoms with van der Waals surface area (Å²) in [7, 11) is 1.31. The molecule has 20 heavy (non-hydrogen) atoms. The Kier molecular flexibility index (Phi) is 5.12. The first-order valence-electron chi connectivity index (χ1n) is 6.32. The molecule has 0 saturated carbocycles. The van der Waals surface area contributed by atoms with Crippen molar-refractivity contribution in [3.8, 4) is 0 Å². The highest BCUT2D eigenvalue weighted by atomic mass is 16.6. The molecular weight excluding hydrogens is 262 g/mol. The number of nitrogens with one attached hydrogen (secondary N) is 1. The van der Waals surface area contributed by atoms with Gasteiger partial charge >= 0.3 is 12.1 Å². The van der Waals surface area contributed by atoms with Crippen LogP contribution in [0.25, 0.3) is 0 Å². The predicted octanol–water partition coefficient (Wildman–Crippen LogP) is 1.50. The molecule has 0 spiro atoms. The molecule has 0 aromatic carbocycles. The van der Waals surface area contributed by atoms with Crippen molar-refractivity contribution in [3.05, 3.63) is 17.5 Å². The maximum atomic E-state index is 11.5. The normalized spacial score (nSPS) is 11.1. The first kappa shape index (κ1) is 16.0. The third-order valence-corrected chi connectivity index (χ3v) is 2.29. The molecule has 112 valence electrons. The van der Waals surface area contributed by atoms with Crippen LogP contribution in [-0.4, -0.2) is 41.1 Å². The van der Waals surface area contributed by atoms with Crippen LogP contribution in [0.4, 0.5) is 4.79 Å².